The average Bonchev–Trinajstić information content (AvgIpc) is 2.70. The highest BCUT2D eigenvalue weighted by molar-refractivity contribution is 9.09. The third-order valence-corrected chi connectivity index (χ3v) is 4.79. The maximum Gasteiger partial charge on any atom is 0.227 e. The Balaban J connectivity index is 2.33. The van der Waals surface area contributed by atoms with Gasteiger partial charge in [0.25, 0.3) is 0 Å². The van der Waals surface area contributed by atoms with Gasteiger partial charge in [-0.15, -0.1) is 11.8 Å². The molecule has 5 heteroatoms. The normalized spacial score (nSPS) is 20.1. The fraction of sp³-hybridized carbons (Fsp3) is 0.417. The van der Waals surface area contributed by atoms with Crippen molar-refractivity contribution in [3.8, 4) is 0 Å². The maximum atomic E-state index is 12.0. The summed E-state index contributed by atoms with van der Waals surface area (Å²) >= 11 is 11.1. The van der Waals surface area contributed by atoms with Gasteiger partial charge in [-0.1, -0.05) is 27.5 Å². The van der Waals surface area contributed by atoms with Crippen LogP contribution in [0.2, 0.25) is 5.02 Å². The molecule has 0 radical (unpaired) electrons. The van der Waals surface area contributed by atoms with Crippen molar-refractivity contribution in [3.63, 3.8) is 0 Å². The van der Waals surface area contributed by atoms with Gasteiger partial charge in [0.15, 0.2) is 0 Å². The number of rotatable bonds is 3. The molecule has 0 N–H and O–H groups in total. The van der Waals surface area contributed by atoms with E-state index in [1.165, 1.54) is 0 Å². The Morgan fingerprint density at radius 1 is 1.59 bits per heavy atom. The molecule has 1 amide bonds. The van der Waals surface area contributed by atoms with Crippen molar-refractivity contribution in [1.29, 1.82) is 0 Å². The summed E-state index contributed by atoms with van der Waals surface area (Å²) in [6.45, 7) is 0.776. The molecule has 1 unspecified atom stereocenters. The largest absolute Gasteiger partial charge is 0.311 e. The van der Waals surface area contributed by atoms with Crippen LogP contribution in [0.4, 0.5) is 5.69 Å². The predicted octanol–water partition coefficient (Wildman–Crippen LogP) is 3.81. The molecular weight excluding hydrogens is 322 g/mol. The molecule has 0 spiro atoms. The first kappa shape index (κ1) is 13.2. The van der Waals surface area contributed by atoms with Crippen LogP contribution in [0.1, 0.15) is 6.42 Å². The third-order valence-electron chi connectivity index (χ3n) is 2.86. The zero-order chi connectivity index (χ0) is 12.4. The number of alkyl halides is 1. The number of benzene rings is 1. The molecule has 1 saturated heterocycles. The number of carbonyl (C=O) groups excluding carboxylic acids is 1. The van der Waals surface area contributed by atoms with Crippen LogP contribution in [0.25, 0.3) is 0 Å². The van der Waals surface area contributed by atoms with Crippen LogP contribution < -0.4 is 4.90 Å². The predicted molar refractivity (Wildman–Crippen MR) is 77.5 cm³/mol. The van der Waals surface area contributed by atoms with E-state index >= 15 is 0 Å². The first-order valence-electron chi connectivity index (χ1n) is 5.35. The van der Waals surface area contributed by atoms with E-state index in [1.807, 2.05) is 29.4 Å². The number of anilines is 1. The van der Waals surface area contributed by atoms with Gasteiger partial charge in [0.2, 0.25) is 5.91 Å². The molecule has 1 aliphatic heterocycles. The van der Waals surface area contributed by atoms with Crippen LogP contribution in [-0.4, -0.2) is 24.0 Å². The summed E-state index contributed by atoms with van der Waals surface area (Å²) in [4.78, 5) is 14.9. The second-order valence-corrected chi connectivity index (χ2v) is 5.98. The van der Waals surface area contributed by atoms with Crippen LogP contribution in [0, 0.1) is 5.92 Å². The lowest BCUT2D eigenvalue weighted by atomic mass is 10.2. The Kier molecular flexibility index (Phi) is 4.39. The molecule has 0 saturated carbocycles. The monoisotopic (exact) mass is 333 g/mol. The van der Waals surface area contributed by atoms with Crippen LogP contribution in [0.5, 0.6) is 0 Å². The van der Waals surface area contributed by atoms with E-state index in [0.29, 0.717) is 17.4 Å². The third kappa shape index (κ3) is 2.80. The quantitative estimate of drug-likeness (QED) is 0.619. The Labute approximate surface area is 119 Å². The lowest BCUT2D eigenvalue weighted by molar-refractivity contribution is -0.117. The number of hydrogen-bond donors (Lipinski definition) is 0. The minimum Gasteiger partial charge on any atom is -0.311 e. The fourth-order valence-corrected chi connectivity index (χ4v) is 3.17. The first-order valence-corrected chi connectivity index (χ1v) is 8.08. The lowest BCUT2D eigenvalue weighted by Crippen LogP contribution is -2.25. The highest BCUT2D eigenvalue weighted by atomic mass is 79.9. The number of carbonyl (C=O) groups is 1. The number of nitrogens with zero attached hydrogens (tertiary/aromatic N) is 1. The molecule has 0 aromatic heterocycles. The van der Waals surface area contributed by atoms with Gasteiger partial charge in [-0.3, -0.25) is 4.79 Å². The van der Waals surface area contributed by atoms with Gasteiger partial charge in [0, 0.05) is 28.2 Å². The zero-order valence-electron chi connectivity index (χ0n) is 9.45. The van der Waals surface area contributed by atoms with Crippen molar-refractivity contribution in [2.24, 2.45) is 5.92 Å². The van der Waals surface area contributed by atoms with Gasteiger partial charge in [0.05, 0.1) is 5.69 Å². The van der Waals surface area contributed by atoms with Crippen LogP contribution in [0.3, 0.4) is 0 Å². The molecule has 2 rings (SSSR count). The number of hydrogen-bond acceptors (Lipinski definition) is 2. The summed E-state index contributed by atoms with van der Waals surface area (Å²) in [5, 5.41) is 1.54. The van der Waals surface area contributed by atoms with E-state index in [1.54, 1.807) is 11.8 Å². The molecule has 17 heavy (non-hydrogen) atoms. The van der Waals surface area contributed by atoms with Gasteiger partial charge in [-0.2, -0.15) is 0 Å². The van der Waals surface area contributed by atoms with Crippen LogP contribution >= 0.6 is 39.3 Å². The number of halogens is 2. The Hall–Kier alpha value is -0.190. The molecule has 1 atom stereocenters. The Bertz CT molecular complexity index is 441. The van der Waals surface area contributed by atoms with E-state index in [4.69, 9.17) is 11.6 Å². The van der Waals surface area contributed by atoms with Crippen molar-refractivity contribution in [2.75, 3.05) is 23.0 Å². The molecule has 1 aliphatic rings. The highest BCUT2D eigenvalue weighted by Gasteiger charge is 2.31. The van der Waals surface area contributed by atoms with Crippen LogP contribution in [-0.2, 0) is 4.79 Å². The summed E-state index contributed by atoms with van der Waals surface area (Å²) in [5.41, 5.74) is 0.943. The van der Waals surface area contributed by atoms with E-state index in [2.05, 4.69) is 15.9 Å². The molecule has 0 aliphatic carbocycles. The minimum absolute atomic E-state index is 0.187. The molecule has 1 aromatic rings. The number of thioether (sulfide) groups is 1. The maximum absolute atomic E-state index is 12.0. The molecule has 1 heterocycles. The van der Waals surface area contributed by atoms with Crippen molar-refractivity contribution in [3.05, 3.63) is 23.2 Å². The van der Waals surface area contributed by atoms with E-state index in [9.17, 15) is 4.79 Å². The minimum atomic E-state index is 0.187. The Morgan fingerprint density at radius 2 is 2.35 bits per heavy atom. The summed E-state index contributed by atoms with van der Waals surface area (Å²) in [5.74, 6) is 0.586. The summed E-state index contributed by atoms with van der Waals surface area (Å²) < 4.78 is 0. The van der Waals surface area contributed by atoms with Gasteiger partial charge in [0.1, 0.15) is 0 Å². The molecular formula is C12H13BrClNOS. The van der Waals surface area contributed by atoms with Crippen molar-refractivity contribution < 1.29 is 4.79 Å². The highest BCUT2D eigenvalue weighted by Crippen LogP contribution is 2.35. The topological polar surface area (TPSA) is 20.3 Å². The first-order chi connectivity index (χ1) is 8.15. The molecule has 92 valence electrons. The second kappa shape index (κ2) is 5.63. The lowest BCUT2D eigenvalue weighted by Gasteiger charge is -2.19. The van der Waals surface area contributed by atoms with Gasteiger partial charge < -0.3 is 4.90 Å². The van der Waals surface area contributed by atoms with E-state index in [0.717, 1.165) is 22.5 Å². The standard InChI is InChI=1S/C12H13BrClNOS/c1-17-11-3-2-9(14)5-10(11)15-7-8(6-13)4-12(15)16/h2-3,5,8H,4,6-7H2,1H3. The van der Waals surface area contributed by atoms with E-state index < -0.39 is 0 Å². The fourth-order valence-electron chi connectivity index (χ4n) is 1.99. The molecule has 0 bridgehead atoms. The van der Waals surface area contributed by atoms with Crippen molar-refractivity contribution in [2.45, 2.75) is 11.3 Å². The SMILES string of the molecule is CSc1ccc(Cl)cc1N1CC(CBr)CC1=O. The van der Waals surface area contributed by atoms with Crippen molar-refractivity contribution >= 4 is 50.9 Å². The van der Waals surface area contributed by atoms with Crippen molar-refractivity contribution in [1.82, 2.24) is 0 Å². The smallest absolute Gasteiger partial charge is 0.227 e. The molecule has 2 nitrogen and oxygen atoms in total. The van der Waals surface area contributed by atoms with Gasteiger partial charge in [-0.05, 0) is 30.4 Å². The average molecular weight is 335 g/mol. The summed E-state index contributed by atoms with van der Waals surface area (Å²) in [6, 6.07) is 5.71. The summed E-state index contributed by atoms with van der Waals surface area (Å²) in [7, 11) is 0. The summed E-state index contributed by atoms with van der Waals surface area (Å²) in [6.07, 6.45) is 2.63. The number of amides is 1. The zero-order valence-corrected chi connectivity index (χ0v) is 12.6. The Morgan fingerprint density at radius 3 is 2.94 bits per heavy atom. The van der Waals surface area contributed by atoms with Gasteiger partial charge >= 0.3 is 0 Å². The van der Waals surface area contributed by atoms with Crippen LogP contribution in [0.15, 0.2) is 23.1 Å². The van der Waals surface area contributed by atoms with Gasteiger partial charge in [-0.25, -0.2) is 0 Å². The van der Waals surface area contributed by atoms with E-state index in [-0.39, 0.29) is 5.91 Å². The molecule has 1 aromatic carbocycles. The second-order valence-electron chi connectivity index (χ2n) is 4.04. The molecule has 1 fully saturated rings.